The lowest BCUT2D eigenvalue weighted by molar-refractivity contribution is -0.137. The molecule has 0 bridgehead atoms. The summed E-state index contributed by atoms with van der Waals surface area (Å²) >= 11 is 0. The van der Waals surface area contributed by atoms with Crippen LogP contribution in [0.4, 0.5) is 5.69 Å². The number of methoxy groups -OCH3 is 1. The van der Waals surface area contributed by atoms with Crippen molar-refractivity contribution in [3.63, 3.8) is 0 Å². The molecule has 0 aromatic heterocycles. The number of carbonyl (C=O) groups excluding carboxylic acids is 1. The summed E-state index contributed by atoms with van der Waals surface area (Å²) in [6.07, 6.45) is 0.334. The Kier molecular flexibility index (Phi) is 7.65. The number of hydrogen-bond donors (Lipinski definition) is 3. The molecule has 0 unspecified atom stereocenters. The van der Waals surface area contributed by atoms with Gasteiger partial charge in [-0.25, -0.2) is 8.42 Å². The Morgan fingerprint density at radius 1 is 1.13 bits per heavy atom. The number of aryl methyl sites for hydroxylation is 1. The highest BCUT2D eigenvalue weighted by molar-refractivity contribution is 7.92. The molecule has 30 heavy (non-hydrogen) atoms. The number of anilines is 1. The number of hydrogen-bond acceptors (Lipinski definition) is 6. The zero-order valence-electron chi connectivity index (χ0n) is 16.9. The van der Waals surface area contributed by atoms with E-state index >= 15 is 0 Å². The summed E-state index contributed by atoms with van der Waals surface area (Å²) in [6.45, 7) is 1.90. The molecule has 0 fully saturated rings. The largest absolute Gasteiger partial charge is 0.497 e. The lowest BCUT2D eigenvalue weighted by Gasteiger charge is -2.14. The van der Waals surface area contributed by atoms with Gasteiger partial charge in [0, 0.05) is 13.5 Å². The third-order valence-electron chi connectivity index (χ3n) is 4.19. The summed E-state index contributed by atoms with van der Waals surface area (Å²) in [7, 11) is -1.09. The highest BCUT2D eigenvalue weighted by Gasteiger charge is 2.20. The number of nitrogens with one attached hydrogen (secondary N) is 2. The SMILES string of the molecule is CNC(=O)c1cc(OC)ccc1NS(=O)(=O)c1ccc(OCCCC(=O)O)c(C)c1. The van der Waals surface area contributed by atoms with Crippen molar-refractivity contribution in [2.24, 2.45) is 0 Å². The molecule has 0 saturated heterocycles. The molecule has 10 heteroatoms. The van der Waals surface area contributed by atoms with E-state index in [1.165, 1.54) is 44.5 Å². The first-order chi connectivity index (χ1) is 14.2. The first-order valence-electron chi connectivity index (χ1n) is 9.06. The zero-order chi connectivity index (χ0) is 22.3. The fourth-order valence-corrected chi connectivity index (χ4v) is 3.79. The predicted molar refractivity (Wildman–Crippen MR) is 111 cm³/mol. The van der Waals surface area contributed by atoms with Gasteiger partial charge in [0.1, 0.15) is 11.5 Å². The van der Waals surface area contributed by atoms with Gasteiger partial charge in [-0.3, -0.25) is 14.3 Å². The molecule has 0 atom stereocenters. The van der Waals surface area contributed by atoms with Crippen LogP contribution in [0.25, 0.3) is 0 Å². The second kappa shape index (κ2) is 9.97. The lowest BCUT2D eigenvalue weighted by atomic mass is 10.1. The number of amides is 1. The Hall–Kier alpha value is -3.27. The van der Waals surface area contributed by atoms with E-state index in [4.69, 9.17) is 14.6 Å². The smallest absolute Gasteiger partial charge is 0.303 e. The molecule has 0 saturated carbocycles. The molecule has 162 valence electrons. The Morgan fingerprint density at radius 2 is 1.87 bits per heavy atom. The molecule has 0 aliphatic rings. The van der Waals surface area contributed by atoms with Crippen LogP contribution in [0, 0.1) is 6.92 Å². The van der Waals surface area contributed by atoms with Crippen molar-refractivity contribution in [1.82, 2.24) is 5.32 Å². The fraction of sp³-hybridized carbons (Fsp3) is 0.300. The van der Waals surface area contributed by atoms with Gasteiger partial charge in [0.15, 0.2) is 0 Å². The van der Waals surface area contributed by atoms with Crippen molar-refractivity contribution >= 4 is 27.6 Å². The van der Waals surface area contributed by atoms with E-state index < -0.39 is 21.9 Å². The van der Waals surface area contributed by atoms with Gasteiger partial charge in [0.05, 0.1) is 29.9 Å². The van der Waals surface area contributed by atoms with Crippen LogP contribution >= 0.6 is 0 Å². The minimum absolute atomic E-state index is 0.00318. The first kappa shape index (κ1) is 23.0. The van der Waals surface area contributed by atoms with Crippen molar-refractivity contribution in [3.8, 4) is 11.5 Å². The summed E-state index contributed by atoms with van der Waals surface area (Å²) in [5.41, 5.74) is 0.812. The lowest BCUT2D eigenvalue weighted by Crippen LogP contribution is -2.22. The number of rotatable bonds is 10. The molecule has 0 aliphatic heterocycles. The summed E-state index contributed by atoms with van der Waals surface area (Å²) < 4.78 is 38.7. The van der Waals surface area contributed by atoms with Crippen molar-refractivity contribution in [2.75, 3.05) is 25.5 Å². The second-order valence-corrected chi connectivity index (χ2v) is 8.05. The summed E-state index contributed by atoms with van der Waals surface area (Å²) in [5.74, 6) is -0.489. The maximum Gasteiger partial charge on any atom is 0.303 e. The first-order valence-corrected chi connectivity index (χ1v) is 10.5. The number of sulfonamides is 1. The second-order valence-electron chi connectivity index (χ2n) is 6.37. The van der Waals surface area contributed by atoms with Crippen LogP contribution in [0.3, 0.4) is 0 Å². The van der Waals surface area contributed by atoms with E-state index in [0.717, 1.165) is 0 Å². The summed E-state index contributed by atoms with van der Waals surface area (Å²) in [4.78, 5) is 22.7. The number of benzene rings is 2. The van der Waals surface area contributed by atoms with E-state index in [1.54, 1.807) is 13.0 Å². The van der Waals surface area contributed by atoms with Gasteiger partial charge < -0.3 is 19.9 Å². The Bertz CT molecular complexity index is 1040. The third kappa shape index (κ3) is 5.86. The molecular weight excluding hydrogens is 412 g/mol. The number of ether oxygens (including phenoxy) is 2. The molecule has 2 rings (SSSR count). The van der Waals surface area contributed by atoms with Crippen LogP contribution in [0.5, 0.6) is 11.5 Å². The molecular formula is C20H24N2O7S. The van der Waals surface area contributed by atoms with Crippen molar-refractivity contribution in [3.05, 3.63) is 47.5 Å². The van der Waals surface area contributed by atoms with Crippen LogP contribution in [-0.4, -0.2) is 46.2 Å². The molecule has 0 spiro atoms. The minimum atomic E-state index is -3.98. The zero-order valence-corrected chi connectivity index (χ0v) is 17.7. The minimum Gasteiger partial charge on any atom is -0.497 e. The summed E-state index contributed by atoms with van der Waals surface area (Å²) in [5, 5.41) is 11.1. The molecule has 2 aromatic carbocycles. The van der Waals surface area contributed by atoms with E-state index in [0.29, 0.717) is 23.5 Å². The molecule has 9 nitrogen and oxygen atoms in total. The standard InChI is InChI=1S/C20H24N2O7S/c1-13-11-15(7-9-18(13)29-10-4-5-19(23)24)30(26,27)22-17-8-6-14(28-3)12-16(17)20(25)21-2/h6-9,11-12,22H,4-5,10H2,1-3H3,(H,21,25)(H,23,24). The highest BCUT2D eigenvalue weighted by Crippen LogP contribution is 2.27. The van der Waals surface area contributed by atoms with Gasteiger partial charge in [-0.15, -0.1) is 0 Å². The van der Waals surface area contributed by atoms with E-state index in [-0.39, 0.29) is 29.2 Å². The van der Waals surface area contributed by atoms with Gasteiger partial charge in [0.25, 0.3) is 15.9 Å². The Labute approximate surface area is 175 Å². The quantitative estimate of drug-likeness (QED) is 0.487. The number of aliphatic carboxylic acids is 1. The van der Waals surface area contributed by atoms with Crippen molar-refractivity contribution in [2.45, 2.75) is 24.7 Å². The van der Waals surface area contributed by atoms with Crippen LogP contribution in [0.1, 0.15) is 28.8 Å². The van der Waals surface area contributed by atoms with Crippen LogP contribution in [-0.2, 0) is 14.8 Å². The van der Waals surface area contributed by atoms with Gasteiger partial charge in [-0.2, -0.15) is 0 Å². The topological polar surface area (TPSA) is 131 Å². The van der Waals surface area contributed by atoms with Crippen LogP contribution in [0.15, 0.2) is 41.3 Å². The molecule has 0 heterocycles. The maximum absolute atomic E-state index is 12.8. The maximum atomic E-state index is 12.8. The molecule has 0 aliphatic carbocycles. The Morgan fingerprint density at radius 3 is 2.47 bits per heavy atom. The molecule has 3 N–H and O–H groups in total. The van der Waals surface area contributed by atoms with Gasteiger partial charge in [-0.05, 0) is 55.3 Å². The van der Waals surface area contributed by atoms with Crippen LogP contribution < -0.4 is 19.5 Å². The molecule has 1 amide bonds. The van der Waals surface area contributed by atoms with Crippen molar-refractivity contribution in [1.29, 1.82) is 0 Å². The average molecular weight is 436 g/mol. The monoisotopic (exact) mass is 436 g/mol. The van der Waals surface area contributed by atoms with Gasteiger partial charge >= 0.3 is 5.97 Å². The fourth-order valence-electron chi connectivity index (χ4n) is 2.62. The average Bonchev–Trinajstić information content (AvgIpc) is 2.71. The van der Waals surface area contributed by atoms with Gasteiger partial charge in [-0.1, -0.05) is 0 Å². The number of carboxylic acid groups (broad SMARTS) is 1. The predicted octanol–water partition coefficient (Wildman–Crippen LogP) is 2.41. The Balaban J connectivity index is 2.23. The number of carboxylic acids is 1. The normalized spacial score (nSPS) is 10.9. The van der Waals surface area contributed by atoms with E-state index in [1.807, 2.05) is 0 Å². The van der Waals surface area contributed by atoms with E-state index in [9.17, 15) is 18.0 Å². The highest BCUT2D eigenvalue weighted by atomic mass is 32.2. The number of carbonyl (C=O) groups is 2. The van der Waals surface area contributed by atoms with Crippen molar-refractivity contribution < 1.29 is 32.6 Å². The third-order valence-corrected chi connectivity index (χ3v) is 5.56. The van der Waals surface area contributed by atoms with Gasteiger partial charge in [0.2, 0.25) is 0 Å². The molecule has 2 aromatic rings. The molecule has 0 radical (unpaired) electrons. The summed E-state index contributed by atoms with van der Waals surface area (Å²) in [6, 6.07) is 8.77. The van der Waals surface area contributed by atoms with Crippen LogP contribution in [0.2, 0.25) is 0 Å². The van der Waals surface area contributed by atoms with E-state index in [2.05, 4.69) is 10.0 Å².